The Balaban J connectivity index is 1.78. The maximum Gasteiger partial charge on any atom is 0.328 e. The molecule has 0 aliphatic heterocycles. The van der Waals surface area contributed by atoms with E-state index in [1.54, 1.807) is 23.2 Å². The van der Waals surface area contributed by atoms with E-state index in [0.29, 0.717) is 5.69 Å². The monoisotopic (exact) mass is 341 g/mol. The Bertz CT molecular complexity index is 944. The number of aromatic nitrogens is 2. The van der Waals surface area contributed by atoms with Gasteiger partial charge in [-0.3, -0.25) is 13.9 Å². The van der Waals surface area contributed by atoms with Crippen molar-refractivity contribution in [3.8, 4) is 0 Å². The zero-order valence-corrected chi connectivity index (χ0v) is 14.6. The van der Waals surface area contributed by atoms with E-state index in [0.717, 1.165) is 15.9 Å². The van der Waals surface area contributed by atoms with Crippen LogP contribution in [0.4, 0.5) is 5.69 Å². The molecule has 0 aliphatic rings. The molecule has 0 bridgehead atoms. The molecule has 1 N–H and O–H groups in total. The van der Waals surface area contributed by atoms with Crippen LogP contribution in [0.1, 0.15) is 6.92 Å². The quantitative estimate of drug-likeness (QED) is 0.742. The highest BCUT2D eigenvalue weighted by Gasteiger charge is 2.15. The molecule has 2 aromatic carbocycles. The van der Waals surface area contributed by atoms with Crippen LogP contribution in [-0.2, 0) is 18.9 Å². The fourth-order valence-electron chi connectivity index (χ4n) is 2.59. The van der Waals surface area contributed by atoms with E-state index in [1.807, 2.05) is 55.5 Å². The molecule has 0 saturated carbocycles. The molecule has 0 unspecified atom stereocenters. The molecule has 1 atom stereocenters. The molecule has 3 rings (SSSR count). The van der Waals surface area contributed by atoms with Crippen LogP contribution >= 0.6 is 11.8 Å². The fraction of sp³-hybridized carbons (Fsp3) is 0.222. The van der Waals surface area contributed by atoms with E-state index in [9.17, 15) is 9.59 Å². The molecular weight excluding hydrogens is 322 g/mol. The van der Waals surface area contributed by atoms with Crippen molar-refractivity contribution in [2.24, 2.45) is 14.1 Å². The van der Waals surface area contributed by atoms with E-state index >= 15 is 0 Å². The second-order valence-corrected chi connectivity index (χ2v) is 7.08. The van der Waals surface area contributed by atoms with Crippen LogP contribution in [0.3, 0.4) is 0 Å². The molecular formula is C18H19N3O2S. The SMILES string of the molecule is C[C@H](Sc1ccccc1)C(=O)Nc1ccc2c(c1)n(C)c(=O)n2C. The van der Waals surface area contributed by atoms with Gasteiger partial charge >= 0.3 is 5.69 Å². The minimum Gasteiger partial charge on any atom is -0.325 e. The lowest BCUT2D eigenvalue weighted by molar-refractivity contribution is -0.115. The van der Waals surface area contributed by atoms with Crippen LogP contribution in [0.25, 0.3) is 11.0 Å². The largest absolute Gasteiger partial charge is 0.328 e. The van der Waals surface area contributed by atoms with Gasteiger partial charge in [-0.15, -0.1) is 11.8 Å². The predicted octanol–water partition coefficient (Wildman–Crippen LogP) is 3.00. The summed E-state index contributed by atoms with van der Waals surface area (Å²) < 4.78 is 3.17. The van der Waals surface area contributed by atoms with Gasteiger partial charge < -0.3 is 5.32 Å². The summed E-state index contributed by atoms with van der Waals surface area (Å²) in [4.78, 5) is 25.4. The Morgan fingerprint density at radius 2 is 1.71 bits per heavy atom. The summed E-state index contributed by atoms with van der Waals surface area (Å²) in [7, 11) is 3.46. The number of nitrogens with zero attached hydrogens (tertiary/aromatic N) is 2. The third kappa shape index (κ3) is 3.10. The molecule has 5 nitrogen and oxygen atoms in total. The number of carbonyl (C=O) groups excluding carboxylic acids is 1. The average Bonchev–Trinajstić information content (AvgIpc) is 2.80. The van der Waals surface area contributed by atoms with E-state index < -0.39 is 0 Å². The van der Waals surface area contributed by atoms with Gasteiger partial charge in [-0.05, 0) is 37.3 Å². The van der Waals surface area contributed by atoms with Crippen molar-refractivity contribution in [2.75, 3.05) is 5.32 Å². The van der Waals surface area contributed by atoms with E-state index in [1.165, 1.54) is 11.8 Å². The number of hydrogen-bond donors (Lipinski definition) is 1. The van der Waals surface area contributed by atoms with Crippen molar-refractivity contribution in [2.45, 2.75) is 17.1 Å². The Hall–Kier alpha value is -2.47. The van der Waals surface area contributed by atoms with Gasteiger partial charge in [0.15, 0.2) is 0 Å². The first-order chi connectivity index (χ1) is 11.5. The third-order valence-electron chi connectivity index (χ3n) is 3.96. The maximum atomic E-state index is 12.4. The van der Waals surface area contributed by atoms with Crippen LogP contribution in [0.2, 0.25) is 0 Å². The van der Waals surface area contributed by atoms with Gasteiger partial charge in [-0.25, -0.2) is 4.79 Å². The normalized spacial score (nSPS) is 12.3. The van der Waals surface area contributed by atoms with Crippen molar-refractivity contribution >= 4 is 34.4 Å². The first-order valence-electron chi connectivity index (χ1n) is 7.65. The molecule has 3 aromatic rings. The Morgan fingerprint density at radius 1 is 1.04 bits per heavy atom. The van der Waals surface area contributed by atoms with Crippen molar-refractivity contribution < 1.29 is 4.79 Å². The van der Waals surface area contributed by atoms with Crippen LogP contribution in [0, 0.1) is 0 Å². The summed E-state index contributed by atoms with van der Waals surface area (Å²) in [6.45, 7) is 1.88. The number of amides is 1. The minimum absolute atomic E-state index is 0.0656. The number of anilines is 1. The van der Waals surface area contributed by atoms with Crippen molar-refractivity contribution in [3.05, 3.63) is 59.0 Å². The highest BCUT2D eigenvalue weighted by Crippen LogP contribution is 2.24. The van der Waals surface area contributed by atoms with Gasteiger partial charge in [0.2, 0.25) is 5.91 Å². The van der Waals surface area contributed by atoms with E-state index in [4.69, 9.17) is 0 Å². The molecule has 0 fully saturated rings. The number of hydrogen-bond acceptors (Lipinski definition) is 3. The molecule has 1 amide bonds. The number of nitrogens with one attached hydrogen (secondary N) is 1. The molecule has 24 heavy (non-hydrogen) atoms. The lowest BCUT2D eigenvalue weighted by Crippen LogP contribution is -2.22. The first kappa shape index (κ1) is 16.4. The van der Waals surface area contributed by atoms with E-state index in [2.05, 4.69) is 5.32 Å². The second kappa shape index (κ2) is 6.57. The molecule has 0 aliphatic carbocycles. The summed E-state index contributed by atoms with van der Waals surface area (Å²) in [5.41, 5.74) is 2.24. The predicted molar refractivity (Wildman–Crippen MR) is 98.6 cm³/mol. The van der Waals surface area contributed by atoms with E-state index in [-0.39, 0.29) is 16.8 Å². The lowest BCUT2D eigenvalue weighted by Gasteiger charge is -2.12. The first-order valence-corrected chi connectivity index (χ1v) is 8.53. The van der Waals surface area contributed by atoms with Crippen LogP contribution in [-0.4, -0.2) is 20.3 Å². The minimum atomic E-state index is -0.220. The van der Waals surface area contributed by atoms with Gasteiger partial charge in [-0.2, -0.15) is 0 Å². The van der Waals surface area contributed by atoms with Crippen LogP contribution in [0.15, 0.2) is 58.2 Å². The molecule has 124 valence electrons. The summed E-state index contributed by atoms with van der Waals surface area (Å²) in [5, 5.41) is 2.71. The Kier molecular flexibility index (Phi) is 4.49. The summed E-state index contributed by atoms with van der Waals surface area (Å²) in [6, 6.07) is 15.3. The number of carbonyl (C=O) groups is 1. The number of imidazole rings is 1. The highest BCUT2D eigenvalue weighted by molar-refractivity contribution is 8.00. The van der Waals surface area contributed by atoms with Gasteiger partial charge in [0.25, 0.3) is 0 Å². The van der Waals surface area contributed by atoms with Gasteiger partial charge in [0, 0.05) is 24.7 Å². The molecule has 6 heteroatoms. The number of fused-ring (bicyclic) bond motifs is 1. The zero-order chi connectivity index (χ0) is 17.3. The molecule has 0 radical (unpaired) electrons. The topological polar surface area (TPSA) is 56.0 Å². The van der Waals surface area contributed by atoms with Crippen molar-refractivity contribution in [1.82, 2.24) is 9.13 Å². The average molecular weight is 341 g/mol. The zero-order valence-electron chi connectivity index (χ0n) is 13.8. The summed E-state index contributed by atoms with van der Waals surface area (Å²) in [6.07, 6.45) is 0. The Morgan fingerprint density at radius 3 is 2.42 bits per heavy atom. The molecule has 1 heterocycles. The molecule has 0 spiro atoms. The van der Waals surface area contributed by atoms with Crippen molar-refractivity contribution in [3.63, 3.8) is 0 Å². The Labute approximate surface area is 144 Å². The van der Waals surface area contributed by atoms with Crippen molar-refractivity contribution in [1.29, 1.82) is 0 Å². The van der Waals surface area contributed by atoms with Crippen LogP contribution in [0.5, 0.6) is 0 Å². The number of rotatable bonds is 4. The number of aryl methyl sites for hydroxylation is 2. The third-order valence-corrected chi connectivity index (χ3v) is 5.08. The highest BCUT2D eigenvalue weighted by atomic mass is 32.2. The van der Waals surface area contributed by atoms with Gasteiger partial charge in [-0.1, -0.05) is 18.2 Å². The standard InChI is InChI=1S/C18H19N3O2S/c1-12(24-14-7-5-4-6-8-14)17(22)19-13-9-10-15-16(11-13)21(3)18(23)20(15)2/h4-12H,1-3H3,(H,19,22)/t12-/m0/s1. The maximum absolute atomic E-state index is 12.4. The van der Waals surface area contributed by atoms with Gasteiger partial charge in [0.05, 0.1) is 16.3 Å². The van der Waals surface area contributed by atoms with Crippen LogP contribution < -0.4 is 11.0 Å². The smallest absolute Gasteiger partial charge is 0.325 e. The summed E-state index contributed by atoms with van der Waals surface area (Å²) >= 11 is 1.51. The number of benzene rings is 2. The number of thioether (sulfide) groups is 1. The van der Waals surface area contributed by atoms with Gasteiger partial charge in [0.1, 0.15) is 0 Å². The fourth-order valence-corrected chi connectivity index (χ4v) is 3.47. The molecule has 1 aromatic heterocycles. The molecule has 0 saturated heterocycles. The lowest BCUT2D eigenvalue weighted by atomic mass is 10.2. The second-order valence-electron chi connectivity index (χ2n) is 5.67. The summed E-state index contributed by atoms with van der Waals surface area (Å²) in [5.74, 6) is -0.0656.